The fourth-order valence-corrected chi connectivity index (χ4v) is 2.32. The molecule has 2 N–H and O–H groups in total. The van der Waals surface area contributed by atoms with E-state index in [0.29, 0.717) is 12.6 Å². The number of hydrogen-bond acceptors (Lipinski definition) is 4. The highest BCUT2D eigenvalue weighted by Crippen LogP contribution is 2.24. The van der Waals surface area contributed by atoms with Gasteiger partial charge in [0.25, 0.3) is 0 Å². The second-order valence-electron chi connectivity index (χ2n) is 4.48. The second-order valence-corrected chi connectivity index (χ2v) is 4.48. The van der Waals surface area contributed by atoms with Gasteiger partial charge in [0, 0.05) is 25.8 Å². The Morgan fingerprint density at radius 3 is 2.75 bits per heavy atom. The SMILES string of the molecule is CN(c1cncc(CN)n1)C1CCCCC1. The van der Waals surface area contributed by atoms with Gasteiger partial charge < -0.3 is 10.6 Å². The number of hydrogen-bond donors (Lipinski definition) is 1. The third-order valence-corrected chi connectivity index (χ3v) is 3.36. The zero-order valence-electron chi connectivity index (χ0n) is 9.89. The normalized spacial score (nSPS) is 17.4. The van der Waals surface area contributed by atoms with E-state index < -0.39 is 0 Å². The topological polar surface area (TPSA) is 55.0 Å². The van der Waals surface area contributed by atoms with E-state index in [1.807, 2.05) is 6.20 Å². The van der Waals surface area contributed by atoms with Crippen LogP contribution in [0.4, 0.5) is 5.82 Å². The van der Waals surface area contributed by atoms with Gasteiger partial charge in [-0.25, -0.2) is 4.98 Å². The summed E-state index contributed by atoms with van der Waals surface area (Å²) in [5, 5.41) is 0. The Hall–Kier alpha value is -1.16. The van der Waals surface area contributed by atoms with E-state index in [-0.39, 0.29) is 0 Å². The lowest BCUT2D eigenvalue weighted by molar-refractivity contribution is 0.425. The Kier molecular flexibility index (Phi) is 3.72. The zero-order chi connectivity index (χ0) is 11.4. The maximum absolute atomic E-state index is 5.58. The molecular weight excluding hydrogens is 200 g/mol. The summed E-state index contributed by atoms with van der Waals surface area (Å²) in [5.41, 5.74) is 6.44. The Balaban J connectivity index is 2.09. The van der Waals surface area contributed by atoms with Crippen LogP contribution in [0.3, 0.4) is 0 Å². The van der Waals surface area contributed by atoms with E-state index in [2.05, 4.69) is 21.9 Å². The lowest BCUT2D eigenvalue weighted by atomic mass is 9.94. The van der Waals surface area contributed by atoms with Crippen LogP contribution in [0.1, 0.15) is 37.8 Å². The van der Waals surface area contributed by atoms with Gasteiger partial charge in [0.1, 0.15) is 5.82 Å². The van der Waals surface area contributed by atoms with Crippen molar-refractivity contribution in [2.75, 3.05) is 11.9 Å². The minimum absolute atomic E-state index is 0.458. The lowest BCUT2D eigenvalue weighted by Crippen LogP contribution is -2.34. The number of anilines is 1. The third-order valence-electron chi connectivity index (χ3n) is 3.36. The van der Waals surface area contributed by atoms with Gasteiger partial charge in [0.15, 0.2) is 0 Å². The minimum atomic E-state index is 0.458. The van der Waals surface area contributed by atoms with Crippen molar-refractivity contribution < 1.29 is 0 Å². The molecule has 0 spiro atoms. The molecule has 0 atom stereocenters. The molecule has 4 heteroatoms. The molecule has 1 saturated carbocycles. The van der Waals surface area contributed by atoms with Crippen LogP contribution >= 0.6 is 0 Å². The van der Waals surface area contributed by atoms with E-state index in [9.17, 15) is 0 Å². The summed E-state index contributed by atoms with van der Waals surface area (Å²) in [6, 6.07) is 0.621. The monoisotopic (exact) mass is 220 g/mol. The summed E-state index contributed by atoms with van der Waals surface area (Å²) in [4.78, 5) is 10.9. The zero-order valence-corrected chi connectivity index (χ0v) is 9.89. The van der Waals surface area contributed by atoms with Crippen LogP contribution in [-0.4, -0.2) is 23.1 Å². The highest BCUT2D eigenvalue weighted by molar-refractivity contribution is 5.36. The number of rotatable bonds is 3. The average Bonchev–Trinajstić information content (AvgIpc) is 2.39. The average molecular weight is 220 g/mol. The summed E-state index contributed by atoms with van der Waals surface area (Å²) in [6.45, 7) is 0.458. The number of nitrogens with zero attached hydrogens (tertiary/aromatic N) is 3. The highest BCUT2D eigenvalue weighted by Gasteiger charge is 2.19. The molecule has 0 bridgehead atoms. The van der Waals surface area contributed by atoms with Gasteiger partial charge in [-0.3, -0.25) is 4.98 Å². The molecule has 0 radical (unpaired) electrons. The summed E-state index contributed by atoms with van der Waals surface area (Å²) >= 11 is 0. The second kappa shape index (κ2) is 5.25. The smallest absolute Gasteiger partial charge is 0.147 e. The molecule has 0 unspecified atom stereocenters. The molecule has 1 heterocycles. The maximum Gasteiger partial charge on any atom is 0.147 e. The number of aromatic nitrogens is 2. The van der Waals surface area contributed by atoms with Gasteiger partial charge in [-0.1, -0.05) is 19.3 Å². The molecule has 88 valence electrons. The van der Waals surface area contributed by atoms with Gasteiger partial charge in [0.05, 0.1) is 11.9 Å². The van der Waals surface area contributed by atoms with Crippen molar-refractivity contribution in [1.82, 2.24) is 9.97 Å². The summed E-state index contributed by atoms with van der Waals surface area (Å²) in [7, 11) is 2.11. The predicted octanol–water partition coefficient (Wildman–Crippen LogP) is 1.70. The van der Waals surface area contributed by atoms with E-state index in [0.717, 1.165) is 11.5 Å². The van der Waals surface area contributed by atoms with Crippen LogP contribution in [0.2, 0.25) is 0 Å². The largest absolute Gasteiger partial charge is 0.355 e. The van der Waals surface area contributed by atoms with Gasteiger partial charge >= 0.3 is 0 Å². The standard InChI is InChI=1S/C12H20N4/c1-16(11-5-3-2-4-6-11)12-9-14-8-10(7-13)15-12/h8-9,11H,2-7,13H2,1H3. The van der Waals surface area contributed by atoms with Gasteiger partial charge in [0.2, 0.25) is 0 Å². The first kappa shape index (κ1) is 11.3. The summed E-state index contributed by atoms with van der Waals surface area (Å²) in [6.07, 6.45) is 10.1. The van der Waals surface area contributed by atoms with E-state index in [4.69, 9.17) is 5.73 Å². The fraction of sp³-hybridized carbons (Fsp3) is 0.667. The predicted molar refractivity (Wildman–Crippen MR) is 65.2 cm³/mol. The van der Waals surface area contributed by atoms with Crippen LogP contribution in [0.5, 0.6) is 0 Å². The number of nitrogens with two attached hydrogens (primary N) is 1. The molecular formula is C12H20N4. The Morgan fingerprint density at radius 2 is 2.06 bits per heavy atom. The molecule has 1 aromatic rings. The molecule has 0 aromatic carbocycles. The van der Waals surface area contributed by atoms with Crippen LogP contribution < -0.4 is 10.6 Å². The van der Waals surface area contributed by atoms with Gasteiger partial charge in [-0.15, -0.1) is 0 Å². The Bertz CT molecular complexity index is 334. The van der Waals surface area contributed by atoms with Crippen molar-refractivity contribution in [3.63, 3.8) is 0 Å². The fourth-order valence-electron chi connectivity index (χ4n) is 2.32. The molecule has 1 aliphatic rings. The third kappa shape index (κ3) is 2.50. The minimum Gasteiger partial charge on any atom is -0.355 e. The van der Waals surface area contributed by atoms with Crippen molar-refractivity contribution in [1.29, 1.82) is 0 Å². The molecule has 0 saturated heterocycles. The highest BCUT2D eigenvalue weighted by atomic mass is 15.2. The molecule has 16 heavy (non-hydrogen) atoms. The maximum atomic E-state index is 5.58. The quantitative estimate of drug-likeness (QED) is 0.842. The molecule has 2 rings (SSSR count). The Labute approximate surface area is 96.9 Å². The molecule has 1 aromatic heterocycles. The molecule has 4 nitrogen and oxygen atoms in total. The first-order chi connectivity index (χ1) is 7.81. The van der Waals surface area contributed by atoms with Crippen LogP contribution in [-0.2, 0) is 6.54 Å². The van der Waals surface area contributed by atoms with Crippen molar-refractivity contribution >= 4 is 5.82 Å². The first-order valence-corrected chi connectivity index (χ1v) is 6.05. The van der Waals surface area contributed by atoms with Gasteiger partial charge in [-0.2, -0.15) is 0 Å². The van der Waals surface area contributed by atoms with Crippen molar-refractivity contribution in [3.8, 4) is 0 Å². The summed E-state index contributed by atoms with van der Waals surface area (Å²) in [5.74, 6) is 0.954. The van der Waals surface area contributed by atoms with Crippen molar-refractivity contribution in [2.45, 2.75) is 44.7 Å². The lowest BCUT2D eigenvalue weighted by Gasteiger charge is -2.31. The van der Waals surface area contributed by atoms with E-state index >= 15 is 0 Å². The summed E-state index contributed by atoms with van der Waals surface area (Å²) < 4.78 is 0. The molecule has 0 aliphatic heterocycles. The van der Waals surface area contributed by atoms with E-state index in [1.165, 1.54) is 32.1 Å². The Morgan fingerprint density at radius 1 is 1.31 bits per heavy atom. The molecule has 1 aliphatic carbocycles. The molecule has 0 amide bonds. The van der Waals surface area contributed by atoms with E-state index in [1.54, 1.807) is 6.20 Å². The van der Waals surface area contributed by atoms with Crippen LogP contribution in [0.25, 0.3) is 0 Å². The van der Waals surface area contributed by atoms with Gasteiger partial charge in [-0.05, 0) is 12.8 Å². The first-order valence-electron chi connectivity index (χ1n) is 6.05. The van der Waals surface area contributed by atoms with Crippen LogP contribution in [0.15, 0.2) is 12.4 Å². The van der Waals surface area contributed by atoms with Crippen molar-refractivity contribution in [2.24, 2.45) is 5.73 Å². The molecule has 1 fully saturated rings. The van der Waals surface area contributed by atoms with Crippen LogP contribution in [0, 0.1) is 0 Å². The van der Waals surface area contributed by atoms with Crippen molar-refractivity contribution in [3.05, 3.63) is 18.1 Å².